The largest absolute Gasteiger partial charge is 0.456 e. The van der Waals surface area contributed by atoms with Gasteiger partial charge in [-0.3, -0.25) is 29.4 Å². The molecule has 12 rings (SSSR count). The number of rotatable bonds is 3. The molecule has 66 heavy (non-hydrogen) atoms. The number of ether oxygens (including phenoxy) is 3. The van der Waals surface area contributed by atoms with Gasteiger partial charge >= 0.3 is 0 Å². The summed E-state index contributed by atoms with van der Waals surface area (Å²) >= 11 is 0. The van der Waals surface area contributed by atoms with Crippen molar-refractivity contribution in [3.8, 4) is 0 Å². The maximum atomic E-state index is 12.9. The lowest BCUT2D eigenvalue weighted by Crippen LogP contribution is -2.45. The summed E-state index contributed by atoms with van der Waals surface area (Å²) in [5.74, 6) is 1.59. The molecule has 6 aromatic carbocycles. The zero-order valence-corrected chi connectivity index (χ0v) is 37.0. The van der Waals surface area contributed by atoms with Crippen molar-refractivity contribution in [3.05, 3.63) is 197 Å². The number of hydrogen-bond acceptors (Lipinski definition) is 9. The van der Waals surface area contributed by atoms with Crippen LogP contribution in [0.3, 0.4) is 0 Å². The van der Waals surface area contributed by atoms with Crippen LogP contribution in [0.15, 0.2) is 179 Å². The SMILES string of the molecule is CN1C(=O)[C@@]2(CCN=C(c3ccccc3)O2)c2ccccc21.CN1C(=O)[C@@]2(CCN=C(c3ccccc3)O2)c2ccccc21.CN1C(=O)[C@]2(CCN=C(c3ccccc3)O2)c2ccccc21. The molecule has 0 N–H and O–H groups in total. The van der Waals surface area contributed by atoms with E-state index >= 15 is 0 Å². The number of benzene rings is 6. The van der Waals surface area contributed by atoms with Gasteiger partial charge in [-0.1, -0.05) is 109 Å². The second-order valence-electron chi connectivity index (χ2n) is 16.8. The fourth-order valence-corrected chi connectivity index (χ4v) is 9.71. The molecule has 6 aliphatic rings. The number of fused-ring (bicyclic) bond motifs is 6. The number of aliphatic imine (C=N–C) groups is 3. The fraction of sp³-hybridized carbons (Fsp3) is 0.222. The Balaban J connectivity index is 0.000000116. The van der Waals surface area contributed by atoms with Crippen molar-refractivity contribution in [3.63, 3.8) is 0 Å². The standard InChI is InChI=1S/3C18H16N2O2/c3*1-20-15-10-6-5-9-14(15)18(17(20)21)11-12-19-16(22-18)13-7-3-2-4-8-13/h3*2-10H,11-12H2,1H3/t3*18-/m110/s1. The second kappa shape index (κ2) is 16.9. The molecule has 3 amide bonds. The van der Waals surface area contributed by atoms with E-state index in [9.17, 15) is 14.4 Å². The molecule has 6 aromatic rings. The Kier molecular flexibility index (Phi) is 10.8. The summed E-state index contributed by atoms with van der Waals surface area (Å²) in [6.07, 6.45) is 1.72. The molecule has 330 valence electrons. The molecule has 12 heteroatoms. The molecule has 6 aliphatic heterocycles. The Morgan fingerprint density at radius 1 is 0.364 bits per heavy atom. The zero-order chi connectivity index (χ0) is 45.5. The molecule has 0 bridgehead atoms. The Morgan fingerprint density at radius 2 is 0.606 bits per heavy atom. The third kappa shape index (κ3) is 6.91. The monoisotopic (exact) mass is 876 g/mol. The summed E-state index contributed by atoms with van der Waals surface area (Å²) in [6.45, 7) is 1.74. The van der Waals surface area contributed by atoms with E-state index in [1.54, 1.807) is 35.8 Å². The first-order chi connectivity index (χ1) is 32.2. The predicted octanol–water partition coefficient (Wildman–Crippen LogP) is 8.18. The normalized spacial score (nSPS) is 23.2. The molecule has 0 radical (unpaired) electrons. The zero-order valence-electron chi connectivity index (χ0n) is 37.0. The van der Waals surface area contributed by atoms with Crippen molar-refractivity contribution in [2.45, 2.75) is 36.1 Å². The Hall–Kier alpha value is -7.86. The van der Waals surface area contributed by atoms with Crippen LogP contribution in [0, 0.1) is 0 Å². The van der Waals surface area contributed by atoms with Gasteiger partial charge in [0.2, 0.25) is 34.5 Å². The Bertz CT molecular complexity index is 2630. The third-order valence-electron chi connectivity index (χ3n) is 13.1. The van der Waals surface area contributed by atoms with E-state index in [1.165, 1.54) is 0 Å². The highest BCUT2D eigenvalue weighted by Gasteiger charge is 2.56. The second-order valence-corrected chi connectivity index (χ2v) is 16.8. The average Bonchev–Trinajstić information content (AvgIpc) is 3.81. The van der Waals surface area contributed by atoms with E-state index < -0.39 is 16.8 Å². The molecular formula is C54H48N6O6. The van der Waals surface area contributed by atoms with Crippen LogP contribution in [0.5, 0.6) is 0 Å². The van der Waals surface area contributed by atoms with E-state index in [2.05, 4.69) is 15.0 Å². The molecule has 0 saturated carbocycles. The van der Waals surface area contributed by atoms with Crippen LogP contribution >= 0.6 is 0 Å². The van der Waals surface area contributed by atoms with Gasteiger partial charge in [0.25, 0.3) is 17.7 Å². The number of nitrogens with zero attached hydrogens (tertiary/aromatic N) is 6. The van der Waals surface area contributed by atoms with Gasteiger partial charge in [-0.15, -0.1) is 0 Å². The summed E-state index contributed by atoms with van der Waals surface area (Å²) in [4.78, 5) is 57.1. The molecule has 3 atom stereocenters. The van der Waals surface area contributed by atoms with Crippen LogP contribution in [0.1, 0.15) is 52.6 Å². The van der Waals surface area contributed by atoms with Gasteiger partial charge in [0.05, 0.1) is 17.1 Å². The van der Waals surface area contributed by atoms with Gasteiger partial charge in [0, 0.05) is 93.4 Å². The number of amides is 3. The Morgan fingerprint density at radius 3 is 0.879 bits per heavy atom. The summed E-state index contributed by atoms with van der Waals surface area (Å²) in [5, 5.41) is 0. The van der Waals surface area contributed by atoms with Gasteiger partial charge in [0.1, 0.15) is 0 Å². The molecule has 0 aliphatic carbocycles. The minimum Gasteiger partial charge on any atom is -0.456 e. The van der Waals surface area contributed by atoms with Crippen LogP contribution < -0.4 is 14.7 Å². The van der Waals surface area contributed by atoms with Crippen molar-refractivity contribution in [2.75, 3.05) is 55.5 Å². The molecule has 12 nitrogen and oxygen atoms in total. The lowest BCUT2D eigenvalue weighted by Gasteiger charge is -2.32. The molecular weight excluding hydrogens is 829 g/mol. The van der Waals surface area contributed by atoms with Crippen LogP contribution in [-0.2, 0) is 45.4 Å². The van der Waals surface area contributed by atoms with Crippen molar-refractivity contribution in [2.24, 2.45) is 15.0 Å². The highest BCUT2D eigenvalue weighted by molar-refractivity contribution is 6.11. The summed E-state index contributed by atoms with van der Waals surface area (Å²) in [5.41, 5.74) is 5.48. The lowest BCUT2D eigenvalue weighted by atomic mass is 9.90. The molecule has 0 saturated heterocycles. The maximum absolute atomic E-state index is 12.9. The maximum Gasteiger partial charge on any atom is 0.275 e. The molecule has 0 aromatic heterocycles. The van der Waals surface area contributed by atoms with Crippen molar-refractivity contribution < 1.29 is 28.6 Å². The quantitative estimate of drug-likeness (QED) is 0.177. The first kappa shape index (κ1) is 42.1. The van der Waals surface area contributed by atoms with Crippen LogP contribution in [-0.4, -0.2) is 76.2 Å². The van der Waals surface area contributed by atoms with E-state index in [0.29, 0.717) is 56.6 Å². The molecule has 3 spiro atoms. The van der Waals surface area contributed by atoms with Crippen LogP contribution in [0.4, 0.5) is 17.1 Å². The number of carbonyl (C=O) groups excluding carboxylic acids is 3. The molecule has 0 unspecified atom stereocenters. The fourth-order valence-electron chi connectivity index (χ4n) is 9.71. The third-order valence-corrected chi connectivity index (χ3v) is 13.1. The van der Waals surface area contributed by atoms with E-state index in [-0.39, 0.29) is 17.7 Å². The highest BCUT2D eigenvalue weighted by Crippen LogP contribution is 2.48. The smallest absolute Gasteiger partial charge is 0.275 e. The van der Waals surface area contributed by atoms with E-state index in [1.807, 2.05) is 164 Å². The lowest BCUT2D eigenvalue weighted by molar-refractivity contribution is -0.135. The number of carbonyl (C=O) groups is 3. The number of para-hydroxylation sites is 3. The van der Waals surface area contributed by atoms with Crippen LogP contribution in [0.2, 0.25) is 0 Å². The summed E-state index contributed by atoms with van der Waals surface area (Å²) < 4.78 is 18.6. The van der Waals surface area contributed by atoms with Gasteiger partial charge in [-0.2, -0.15) is 0 Å². The summed E-state index contributed by atoms with van der Waals surface area (Å²) in [6, 6.07) is 52.7. The predicted molar refractivity (Wildman–Crippen MR) is 255 cm³/mol. The first-order valence-corrected chi connectivity index (χ1v) is 22.2. The minimum absolute atomic E-state index is 0.0166. The molecule has 0 fully saturated rings. The highest BCUT2D eigenvalue weighted by atomic mass is 16.5. The Labute approximate surface area is 383 Å². The van der Waals surface area contributed by atoms with Crippen LogP contribution in [0.25, 0.3) is 0 Å². The average molecular weight is 877 g/mol. The van der Waals surface area contributed by atoms with E-state index in [4.69, 9.17) is 14.2 Å². The van der Waals surface area contributed by atoms with Gasteiger partial charge in [-0.25, -0.2) is 0 Å². The van der Waals surface area contributed by atoms with Crippen molar-refractivity contribution in [1.29, 1.82) is 0 Å². The molecule has 6 heterocycles. The van der Waals surface area contributed by atoms with Gasteiger partial charge in [0.15, 0.2) is 0 Å². The van der Waals surface area contributed by atoms with Gasteiger partial charge in [-0.05, 0) is 54.6 Å². The topological polar surface area (TPSA) is 126 Å². The van der Waals surface area contributed by atoms with Gasteiger partial charge < -0.3 is 28.9 Å². The minimum atomic E-state index is -0.932. The summed E-state index contributed by atoms with van der Waals surface area (Å²) in [7, 11) is 5.40. The first-order valence-electron chi connectivity index (χ1n) is 22.2. The van der Waals surface area contributed by atoms with Crippen molar-refractivity contribution in [1.82, 2.24) is 0 Å². The van der Waals surface area contributed by atoms with E-state index in [0.717, 1.165) is 50.4 Å². The number of likely N-dealkylation sites (N-methyl/N-ethyl adjacent to an activating group) is 3. The number of hydrogen-bond donors (Lipinski definition) is 0. The number of anilines is 3. The van der Waals surface area contributed by atoms with Crippen molar-refractivity contribution >= 4 is 52.5 Å².